The number of nitrogens with zero attached hydrogens (tertiary/aromatic N) is 2. The van der Waals surface area contributed by atoms with Gasteiger partial charge in [-0.3, -0.25) is 4.98 Å². The zero-order valence-electron chi connectivity index (χ0n) is 16.3. The number of phenols is 1. The van der Waals surface area contributed by atoms with Crippen LogP contribution in [0.5, 0.6) is 5.75 Å². The first-order valence-corrected chi connectivity index (χ1v) is 9.74. The van der Waals surface area contributed by atoms with E-state index in [1.807, 2.05) is 42.5 Å². The van der Waals surface area contributed by atoms with Crippen LogP contribution in [-0.2, 0) is 5.41 Å². The van der Waals surface area contributed by atoms with Crippen LogP contribution in [0, 0.1) is 0 Å². The van der Waals surface area contributed by atoms with Crippen molar-refractivity contribution in [3.05, 3.63) is 84.9 Å². The summed E-state index contributed by atoms with van der Waals surface area (Å²) >= 11 is 0. The van der Waals surface area contributed by atoms with E-state index in [1.54, 1.807) is 24.5 Å². The number of halogens is 1. The number of anilines is 1. The molecule has 5 nitrogen and oxygen atoms in total. The maximum atomic E-state index is 9.66. The molecule has 2 aromatic carbocycles. The largest absolute Gasteiger partial charge is 0.508 e. The first-order chi connectivity index (χ1) is 14.3. The second-order valence-corrected chi connectivity index (χ2v) is 7.52. The van der Waals surface area contributed by atoms with Crippen molar-refractivity contribution in [1.82, 2.24) is 10.1 Å². The predicted octanol–water partition coefficient (Wildman–Crippen LogP) is 5.67. The van der Waals surface area contributed by atoms with Gasteiger partial charge in [-0.05, 0) is 54.8 Å². The van der Waals surface area contributed by atoms with Crippen molar-refractivity contribution in [2.45, 2.75) is 18.3 Å². The lowest BCUT2D eigenvalue weighted by Gasteiger charge is -2.16. The van der Waals surface area contributed by atoms with Gasteiger partial charge in [0.2, 0.25) is 0 Å². The lowest BCUT2D eigenvalue weighted by molar-refractivity contribution is 0.359. The third kappa shape index (κ3) is 3.76. The van der Waals surface area contributed by atoms with E-state index in [4.69, 9.17) is 4.52 Å². The minimum atomic E-state index is -0.0728. The molecule has 4 aromatic rings. The monoisotopic (exact) mass is 419 g/mol. The van der Waals surface area contributed by atoms with Gasteiger partial charge in [0.1, 0.15) is 11.4 Å². The number of nitrogens with one attached hydrogen (secondary N) is 1. The summed E-state index contributed by atoms with van der Waals surface area (Å²) in [5, 5.41) is 17.6. The molecule has 1 fully saturated rings. The number of aromatic nitrogens is 2. The van der Waals surface area contributed by atoms with Crippen molar-refractivity contribution in [1.29, 1.82) is 0 Å². The van der Waals surface area contributed by atoms with E-state index in [9.17, 15) is 5.11 Å². The summed E-state index contributed by atoms with van der Waals surface area (Å²) in [4.78, 5) is 4.07. The normalized spacial score (nSPS) is 14.0. The molecule has 0 radical (unpaired) electrons. The minimum Gasteiger partial charge on any atom is -0.508 e. The summed E-state index contributed by atoms with van der Waals surface area (Å²) in [5.74, 6) is 1.16. The number of hydrogen-bond acceptors (Lipinski definition) is 5. The van der Waals surface area contributed by atoms with Gasteiger partial charge < -0.3 is 14.9 Å². The molecule has 0 atom stereocenters. The Bertz CT molecular complexity index is 1110. The molecule has 2 aromatic heterocycles. The number of phenolic OH excluding ortho intramolecular Hbond substituents is 1. The third-order valence-corrected chi connectivity index (χ3v) is 5.54. The Morgan fingerprint density at radius 1 is 0.900 bits per heavy atom. The van der Waals surface area contributed by atoms with Crippen LogP contribution in [-0.4, -0.2) is 21.8 Å². The molecule has 5 rings (SSSR count). The van der Waals surface area contributed by atoms with Crippen LogP contribution >= 0.6 is 12.4 Å². The van der Waals surface area contributed by atoms with E-state index in [0.717, 1.165) is 53.2 Å². The molecule has 1 aliphatic carbocycles. The molecule has 0 saturated heterocycles. The molecular weight excluding hydrogens is 398 g/mol. The maximum Gasteiger partial charge on any atom is 0.153 e. The molecule has 2 heterocycles. The zero-order chi connectivity index (χ0) is 19.7. The summed E-state index contributed by atoms with van der Waals surface area (Å²) in [6.07, 6.45) is 5.67. The Morgan fingerprint density at radius 2 is 1.60 bits per heavy atom. The van der Waals surface area contributed by atoms with Gasteiger partial charge in [-0.2, -0.15) is 0 Å². The molecule has 1 saturated carbocycles. The zero-order valence-corrected chi connectivity index (χ0v) is 17.1. The van der Waals surface area contributed by atoms with Gasteiger partial charge in [0.15, 0.2) is 5.76 Å². The fourth-order valence-electron chi connectivity index (χ4n) is 3.72. The van der Waals surface area contributed by atoms with E-state index >= 15 is 0 Å². The van der Waals surface area contributed by atoms with Crippen LogP contribution in [0.1, 0.15) is 18.6 Å². The molecule has 0 aliphatic heterocycles. The molecule has 0 bridgehead atoms. The molecule has 6 heteroatoms. The van der Waals surface area contributed by atoms with E-state index in [2.05, 4.69) is 27.6 Å². The molecule has 0 amide bonds. The number of rotatable bonds is 6. The van der Waals surface area contributed by atoms with Gasteiger partial charge in [-0.15, -0.1) is 12.4 Å². The van der Waals surface area contributed by atoms with E-state index in [0.29, 0.717) is 0 Å². The fourth-order valence-corrected chi connectivity index (χ4v) is 3.72. The van der Waals surface area contributed by atoms with Crippen LogP contribution < -0.4 is 5.32 Å². The molecular formula is C24H22ClN3O2. The van der Waals surface area contributed by atoms with Gasteiger partial charge in [0.05, 0.1) is 5.56 Å². The van der Waals surface area contributed by atoms with Gasteiger partial charge in [0, 0.05) is 35.6 Å². The van der Waals surface area contributed by atoms with Gasteiger partial charge >= 0.3 is 0 Å². The first-order valence-electron chi connectivity index (χ1n) is 9.74. The van der Waals surface area contributed by atoms with Gasteiger partial charge in [0.25, 0.3) is 0 Å². The first kappa shape index (κ1) is 20.0. The van der Waals surface area contributed by atoms with Crippen LogP contribution in [0.2, 0.25) is 0 Å². The Kier molecular flexibility index (Phi) is 5.46. The highest BCUT2D eigenvalue weighted by atomic mass is 35.5. The fraction of sp³-hybridized carbons (Fsp3) is 0.167. The number of hydrogen-bond donors (Lipinski definition) is 2. The Labute approximate surface area is 181 Å². The summed E-state index contributed by atoms with van der Waals surface area (Å²) in [5.41, 5.74) is 4.82. The van der Waals surface area contributed by atoms with Crippen LogP contribution in [0.15, 0.2) is 83.6 Å². The summed E-state index contributed by atoms with van der Waals surface area (Å²) in [7, 11) is 0. The highest BCUT2D eigenvalue weighted by Gasteiger charge is 2.50. The number of benzene rings is 2. The lowest BCUT2D eigenvalue weighted by atomic mass is 9.91. The van der Waals surface area contributed by atoms with Crippen molar-refractivity contribution >= 4 is 18.1 Å². The lowest BCUT2D eigenvalue weighted by Crippen LogP contribution is -2.19. The minimum absolute atomic E-state index is 0. The second-order valence-electron chi connectivity index (χ2n) is 7.52. The predicted molar refractivity (Wildman–Crippen MR) is 120 cm³/mol. The second kappa shape index (κ2) is 8.20. The van der Waals surface area contributed by atoms with Gasteiger partial charge in [-0.25, -0.2) is 0 Å². The molecule has 1 aliphatic rings. The van der Waals surface area contributed by atoms with Crippen molar-refractivity contribution in [3.8, 4) is 28.1 Å². The highest BCUT2D eigenvalue weighted by molar-refractivity contribution is 5.85. The summed E-state index contributed by atoms with van der Waals surface area (Å²) in [6, 6.07) is 21.3. The standard InChI is InChI=1S/C24H21N3O2.ClH/c28-20-8-6-18(7-9-20)22-21(17-4-2-1-3-5-17)23(29-27-22)24(12-13-24)16-26-19-10-14-25-15-11-19;/h1-11,14-15,28H,12-13,16H2,(H,25,26);1H. The smallest absolute Gasteiger partial charge is 0.153 e. The van der Waals surface area contributed by atoms with Crippen LogP contribution in [0.25, 0.3) is 22.4 Å². The average molecular weight is 420 g/mol. The van der Waals surface area contributed by atoms with Crippen LogP contribution in [0.4, 0.5) is 5.69 Å². The van der Waals surface area contributed by atoms with Crippen molar-refractivity contribution < 1.29 is 9.63 Å². The Morgan fingerprint density at radius 3 is 2.27 bits per heavy atom. The number of pyridine rings is 1. The van der Waals surface area contributed by atoms with Crippen molar-refractivity contribution in [2.75, 3.05) is 11.9 Å². The van der Waals surface area contributed by atoms with E-state index < -0.39 is 0 Å². The van der Waals surface area contributed by atoms with E-state index in [1.165, 1.54) is 0 Å². The van der Waals surface area contributed by atoms with E-state index in [-0.39, 0.29) is 23.6 Å². The molecule has 0 unspecified atom stereocenters. The van der Waals surface area contributed by atoms with Crippen LogP contribution in [0.3, 0.4) is 0 Å². The third-order valence-electron chi connectivity index (χ3n) is 5.54. The molecule has 2 N–H and O–H groups in total. The maximum absolute atomic E-state index is 9.66. The molecule has 152 valence electrons. The Hall–Kier alpha value is -3.31. The topological polar surface area (TPSA) is 71.2 Å². The summed E-state index contributed by atoms with van der Waals surface area (Å²) < 4.78 is 5.99. The molecule has 0 spiro atoms. The summed E-state index contributed by atoms with van der Waals surface area (Å²) in [6.45, 7) is 0.779. The highest BCUT2D eigenvalue weighted by Crippen LogP contribution is 2.53. The quantitative estimate of drug-likeness (QED) is 0.421. The average Bonchev–Trinajstić information content (AvgIpc) is 3.43. The number of aromatic hydroxyl groups is 1. The van der Waals surface area contributed by atoms with Crippen molar-refractivity contribution in [3.63, 3.8) is 0 Å². The molecule has 30 heavy (non-hydrogen) atoms. The van der Waals surface area contributed by atoms with Gasteiger partial charge in [-0.1, -0.05) is 35.5 Å². The SMILES string of the molecule is Cl.Oc1ccc(-c2noc(C3(CNc4ccncc4)CC3)c2-c2ccccc2)cc1. The Balaban J connectivity index is 0.00000218. The van der Waals surface area contributed by atoms with Crippen molar-refractivity contribution in [2.24, 2.45) is 0 Å².